The van der Waals surface area contributed by atoms with Crippen LogP contribution in [-0.4, -0.2) is 71.9 Å². The summed E-state index contributed by atoms with van der Waals surface area (Å²) in [6.07, 6.45) is 2.93. The number of rotatable bonds is 7. The van der Waals surface area contributed by atoms with Crippen LogP contribution >= 0.6 is 0 Å². The van der Waals surface area contributed by atoms with Crippen LogP contribution in [0.1, 0.15) is 49.9 Å². The zero-order valence-electron chi connectivity index (χ0n) is 20.7. The molecule has 0 saturated carbocycles. The molecule has 0 spiro atoms. The van der Waals surface area contributed by atoms with E-state index in [0.717, 1.165) is 38.8 Å². The van der Waals surface area contributed by atoms with Crippen molar-refractivity contribution in [2.75, 3.05) is 39.3 Å². The van der Waals surface area contributed by atoms with E-state index in [1.165, 1.54) is 6.07 Å². The summed E-state index contributed by atoms with van der Waals surface area (Å²) >= 11 is 0. The highest BCUT2D eigenvalue weighted by molar-refractivity contribution is 5.94. The third kappa shape index (κ3) is 7.01. The Hall–Kier alpha value is -2.51. The van der Waals surface area contributed by atoms with Gasteiger partial charge in [-0.15, -0.1) is 0 Å². The molecule has 1 N–H and O–H groups in total. The van der Waals surface area contributed by atoms with E-state index in [9.17, 15) is 18.7 Å². The molecular formula is C28H36F2N2O3. The van der Waals surface area contributed by atoms with E-state index in [4.69, 9.17) is 4.74 Å². The van der Waals surface area contributed by atoms with Gasteiger partial charge < -0.3 is 19.6 Å². The van der Waals surface area contributed by atoms with Crippen LogP contribution in [0.2, 0.25) is 0 Å². The minimum absolute atomic E-state index is 0.112. The predicted octanol–water partition coefficient (Wildman–Crippen LogP) is 4.93. The fraction of sp³-hybridized carbons (Fsp3) is 0.536. The number of hydrogen-bond acceptors (Lipinski definition) is 4. The lowest BCUT2D eigenvalue weighted by Gasteiger charge is -2.34. The number of hydrogen-bond donors (Lipinski definition) is 1. The molecule has 2 aromatic rings. The minimum atomic E-state index is -1.19. The number of amides is 1. The Balaban J connectivity index is 1.31. The molecule has 35 heavy (non-hydrogen) atoms. The lowest BCUT2D eigenvalue weighted by atomic mass is 9.97. The second-order valence-electron chi connectivity index (χ2n) is 10.5. The first-order chi connectivity index (χ1) is 16.7. The second kappa shape index (κ2) is 11.0. The van der Waals surface area contributed by atoms with Crippen molar-refractivity contribution in [1.29, 1.82) is 0 Å². The van der Waals surface area contributed by atoms with E-state index < -0.39 is 11.8 Å². The van der Waals surface area contributed by atoms with Gasteiger partial charge in [0, 0.05) is 36.8 Å². The quantitative estimate of drug-likeness (QED) is 0.603. The van der Waals surface area contributed by atoms with Gasteiger partial charge in [-0.3, -0.25) is 4.79 Å². The molecule has 0 radical (unpaired) electrons. The molecule has 190 valence electrons. The van der Waals surface area contributed by atoms with Crippen molar-refractivity contribution in [3.63, 3.8) is 0 Å². The van der Waals surface area contributed by atoms with Crippen LogP contribution in [0.3, 0.4) is 0 Å². The molecule has 2 aliphatic heterocycles. The first-order valence-electron chi connectivity index (χ1n) is 12.6. The minimum Gasteiger partial charge on any atom is -0.493 e. The zero-order valence-corrected chi connectivity index (χ0v) is 20.7. The Morgan fingerprint density at radius 2 is 1.80 bits per heavy atom. The number of carbonyl (C=O) groups is 1. The number of aliphatic hydroxyl groups excluding tert-OH is 1. The topological polar surface area (TPSA) is 53.0 Å². The molecule has 2 saturated heterocycles. The highest BCUT2D eigenvalue weighted by Gasteiger charge is 2.26. The second-order valence-corrected chi connectivity index (χ2v) is 10.5. The maximum absolute atomic E-state index is 14.9. The van der Waals surface area contributed by atoms with Gasteiger partial charge in [0.15, 0.2) is 0 Å². The number of likely N-dealkylation sites (tertiary alicyclic amines) is 2. The van der Waals surface area contributed by atoms with Crippen LogP contribution in [0.25, 0.3) is 11.1 Å². The Kier molecular flexibility index (Phi) is 8.07. The maximum Gasteiger partial charge on any atom is 0.253 e. The molecule has 7 heteroatoms. The SMILES string of the molecule is CC(C)(F)CN1CCC(COc2ccc(-c3ccc(C(=O)N4CCCC(O)C4)cc3)c(F)c2)CC1. The number of benzene rings is 2. The van der Waals surface area contributed by atoms with Crippen molar-refractivity contribution in [2.45, 2.75) is 51.3 Å². The zero-order chi connectivity index (χ0) is 25.0. The van der Waals surface area contributed by atoms with E-state index in [2.05, 4.69) is 4.90 Å². The molecule has 2 fully saturated rings. The lowest BCUT2D eigenvalue weighted by Crippen LogP contribution is -2.42. The predicted molar refractivity (Wildman–Crippen MR) is 133 cm³/mol. The molecule has 5 nitrogen and oxygen atoms in total. The first kappa shape index (κ1) is 25.6. The number of nitrogens with zero attached hydrogens (tertiary/aromatic N) is 2. The van der Waals surface area contributed by atoms with Crippen LogP contribution in [0.5, 0.6) is 5.75 Å². The van der Waals surface area contributed by atoms with Gasteiger partial charge in [-0.1, -0.05) is 12.1 Å². The molecule has 0 aromatic heterocycles. The first-order valence-corrected chi connectivity index (χ1v) is 12.6. The normalized spacial score (nSPS) is 20.1. The van der Waals surface area contributed by atoms with Crippen molar-refractivity contribution < 1.29 is 23.4 Å². The van der Waals surface area contributed by atoms with Gasteiger partial charge in [0.2, 0.25) is 0 Å². The Labute approximate surface area is 206 Å². The Morgan fingerprint density at radius 3 is 2.43 bits per heavy atom. The third-order valence-electron chi connectivity index (χ3n) is 6.86. The van der Waals surface area contributed by atoms with Crippen molar-refractivity contribution in [1.82, 2.24) is 9.80 Å². The van der Waals surface area contributed by atoms with E-state index >= 15 is 0 Å². The average molecular weight is 487 g/mol. The van der Waals surface area contributed by atoms with Crippen LogP contribution in [0.4, 0.5) is 8.78 Å². The molecule has 1 unspecified atom stereocenters. The molecule has 2 aliphatic rings. The molecule has 0 bridgehead atoms. The summed E-state index contributed by atoms with van der Waals surface area (Å²) in [7, 11) is 0. The summed E-state index contributed by atoms with van der Waals surface area (Å²) in [5.41, 5.74) is 0.485. The molecule has 1 amide bonds. The van der Waals surface area contributed by atoms with E-state index in [0.29, 0.717) is 54.6 Å². The van der Waals surface area contributed by atoms with Crippen molar-refractivity contribution in [3.05, 3.63) is 53.8 Å². The molecule has 2 heterocycles. The molecule has 2 aromatic carbocycles. The van der Waals surface area contributed by atoms with Crippen LogP contribution in [0.15, 0.2) is 42.5 Å². The van der Waals surface area contributed by atoms with E-state index in [-0.39, 0.29) is 11.7 Å². The molecular weight excluding hydrogens is 450 g/mol. The monoisotopic (exact) mass is 486 g/mol. The standard InChI is InChI=1S/C28H36F2N2O3/c1-28(2,30)19-31-14-11-20(12-15-31)18-35-24-9-10-25(26(29)16-24)21-5-7-22(8-6-21)27(34)32-13-3-4-23(33)17-32/h5-10,16,20,23,33H,3-4,11-15,17-19H2,1-2H3. The summed E-state index contributed by atoms with van der Waals surface area (Å²) in [5, 5.41) is 9.82. The number of β-amino-alcohol motifs (C(OH)–C–C–N with tert-alkyl or cyclic N) is 1. The van der Waals surface area contributed by atoms with Gasteiger partial charge in [0.25, 0.3) is 5.91 Å². The Bertz CT molecular complexity index is 998. The number of piperidine rings is 2. The van der Waals surface area contributed by atoms with Gasteiger partial charge >= 0.3 is 0 Å². The fourth-order valence-electron chi connectivity index (χ4n) is 4.99. The van der Waals surface area contributed by atoms with Gasteiger partial charge in [-0.25, -0.2) is 8.78 Å². The average Bonchev–Trinajstić information content (AvgIpc) is 2.82. The lowest BCUT2D eigenvalue weighted by molar-refractivity contribution is 0.0474. The number of aliphatic hydroxyl groups is 1. The van der Waals surface area contributed by atoms with E-state index in [1.807, 2.05) is 0 Å². The highest BCUT2D eigenvalue weighted by atomic mass is 19.1. The van der Waals surface area contributed by atoms with Crippen LogP contribution in [0, 0.1) is 11.7 Å². The summed E-state index contributed by atoms with van der Waals surface area (Å²) in [5.74, 6) is 0.385. The molecule has 4 rings (SSSR count). The van der Waals surface area contributed by atoms with Gasteiger partial charge in [-0.2, -0.15) is 0 Å². The van der Waals surface area contributed by atoms with Gasteiger partial charge in [-0.05, 0) is 88.4 Å². The Morgan fingerprint density at radius 1 is 1.09 bits per heavy atom. The third-order valence-corrected chi connectivity index (χ3v) is 6.86. The van der Waals surface area contributed by atoms with Crippen LogP contribution in [-0.2, 0) is 0 Å². The van der Waals surface area contributed by atoms with Crippen molar-refractivity contribution in [2.24, 2.45) is 5.92 Å². The number of alkyl halides is 1. The largest absolute Gasteiger partial charge is 0.493 e. The molecule has 1 atom stereocenters. The van der Waals surface area contributed by atoms with Crippen molar-refractivity contribution >= 4 is 5.91 Å². The van der Waals surface area contributed by atoms with Gasteiger partial charge in [0.1, 0.15) is 17.2 Å². The maximum atomic E-state index is 14.9. The summed E-state index contributed by atoms with van der Waals surface area (Å²) in [6.45, 7) is 6.88. The smallest absolute Gasteiger partial charge is 0.253 e. The summed E-state index contributed by atoms with van der Waals surface area (Å²) in [6, 6.07) is 11.8. The summed E-state index contributed by atoms with van der Waals surface area (Å²) < 4.78 is 34.6. The van der Waals surface area contributed by atoms with Gasteiger partial charge in [0.05, 0.1) is 12.7 Å². The highest BCUT2D eigenvalue weighted by Crippen LogP contribution is 2.28. The number of ether oxygens (including phenoxy) is 1. The van der Waals surface area contributed by atoms with Crippen molar-refractivity contribution in [3.8, 4) is 16.9 Å². The van der Waals surface area contributed by atoms with E-state index in [1.54, 1.807) is 55.1 Å². The summed E-state index contributed by atoms with van der Waals surface area (Å²) in [4.78, 5) is 16.5. The fourth-order valence-corrected chi connectivity index (χ4v) is 4.99. The molecule has 0 aliphatic carbocycles. The number of carbonyl (C=O) groups excluding carboxylic acids is 1. The van der Waals surface area contributed by atoms with Crippen LogP contribution < -0.4 is 4.74 Å². The number of halogens is 2.